The van der Waals surface area contributed by atoms with Crippen molar-refractivity contribution in [1.82, 2.24) is 15.1 Å². The van der Waals surface area contributed by atoms with Gasteiger partial charge in [0, 0.05) is 31.1 Å². The van der Waals surface area contributed by atoms with Gasteiger partial charge in [-0.05, 0) is 37.6 Å². The van der Waals surface area contributed by atoms with Gasteiger partial charge in [0.1, 0.15) is 5.70 Å². The Kier molecular flexibility index (Phi) is 7.79. The predicted molar refractivity (Wildman–Crippen MR) is 132 cm³/mol. The molecule has 4 rings (SSSR count). The number of β-lactam (4-membered cyclic amide) rings is 1. The largest absolute Gasteiger partial charge is 0.393 e. The van der Waals surface area contributed by atoms with Gasteiger partial charge < -0.3 is 25.8 Å². The first kappa shape index (κ1) is 27.9. The number of nitrogens with one attached hydrogen (secondary N) is 1. The van der Waals surface area contributed by atoms with E-state index in [2.05, 4.69) is 5.32 Å². The molecule has 0 radical (unpaired) electrons. The smallest absolute Gasteiger partial charge is 0.362 e. The third-order valence-electron chi connectivity index (χ3n) is 7.48. The Balaban J connectivity index is 1.54. The minimum absolute atomic E-state index is 0.0775. The Morgan fingerprint density at radius 2 is 1.90 bits per heavy atom. The summed E-state index contributed by atoms with van der Waals surface area (Å²) in [7, 11) is 0. The van der Waals surface area contributed by atoms with Crippen molar-refractivity contribution in [1.29, 1.82) is 0 Å². The second-order valence-corrected chi connectivity index (χ2v) is 10.0. The van der Waals surface area contributed by atoms with Gasteiger partial charge in [0.15, 0.2) is 0 Å². The maximum atomic E-state index is 13.3. The van der Waals surface area contributed by atoms with Crippen LogP contribution in [0, 0.1) is 27.9 Å². The molecule has 0 aromatic heterocycles. The summed E-state index contributed by atoms with van der Waals surface area (Å²) in [5, 5.41) is 23.5. The Morgan fingerprint density at radius 3 is 2.49 bits per heavy atom. The van der Waals surface area contributed by atoms with Crippen LogP contribution in [0.2, 0.25) is 0 Å². The topological polar surface area (TPSA) is 202 Å². The zero-order valence-electron chi connectivity index (χ0n) is 21.4. The second kappa shape index (κ2) is 10.9. The van der Waals surface area contributed by atoms with Crippen molar-refractivity contribution in [2.24, 2.45) is 23.5 Å². The molecule has 3 aliphatic heterocycles. The van der Waals surface area contributed by atoms with Crippen molar-refractivity contribution in [3.63, 3.8) is 0 Å². The first-order valence-corrected chi connectivity index (χ1v) is 12.4. The minimum Gasteiger partial charge on any atom is -0.393 e. The van der Waals surface area contributed by atoms with Crippen molar-refractivity contribution >= 4 is 35.3 Å². The number of ether oxygens (including phenoxy) is 1. The molecule has 2 fully saturated rings. The molecule has 3 aliphatic rings. The molecule has 0 bridgehead atoms. The third-order valence-corrected chi connectivity index (χ3v) is 7.48. The number of benzene rings is 1. The summed E-state index contributed by atoms with van der Waals surface area (Å²) in [4.78, 5) is 75.6. The van der Waals surface area contributed by atoms with E-state index < -0.39 is 52.7 Å². The van der Waals surface area contributed by atoms with Crippen molar-refractivity contribution in [2.75, 3.05) is 26.2 Å². The molecule has 0 unspecified atom stereocenters. The molecular weight excluding hydrogens is 514 g/mol. The summed E-state index contributed by atoms with van der Waals surface area (Å²) in [5.41, 5.74) is 5.22. The molecule has 14 heteroatoms. The van der Waals surface area contributed by atoms with E-state index >= 15 is 0 Å². The van der Waals surface area contributed by atoms with Crippen LogP contribution in [0.25, 0.3) is 0 Å². The van der Waals surface area contributed by atoms with Crippen LogP contribution >= 0.6 is 0 Å². The lowest BCUT2D eigenvalue weighted by Gasteiger charge is -2.46. The van der Waals surface area contributed by atoms with Crippen molar-refractivity contribution in [3.05, 3.63) is 51.2 Å². The van der Waals surface area contributed by atoms with Crippen LogP contribution in [0.5, 0.6) is 0 Å². The number of hydrogen-bond acceptors (Lipinski definition) is 10. The number of nitrogens with two attached hydrogens (primary N) is 1. The molecule has 4 N–H and O–H groups in total. The molecule has 3 heterocycles. The summed E-state index contributed by atoms with van der Waals surface area (Å²) in [5.74, 6) is -4.98. The van der Waals surface area contributed by atoms with E-state index in [1.165, 1.54) is 11.8 Å². The number of aliphatic hydroxyl groups excluding tert-OH is 1. The number of fused-ring (bicyclic) bond motifs is 1. The molecule has 0 spiro atoms. The highest BCUT2D eigenvalue weighted by atomic mass is 16.6. The molecule has 3 amide bonds. The average molecular weight is 544 g/mol. The van der Waals surface area contributed by atoms with E-state index in [0.717, 1.165) is 24.3 Å². The standard InChI is InChI=1S/C25H29N5O9/c1-12-17(11-28-8-7-15(10-28)22(33)27-9-18(26)32)21(29-20(12)19(13(2)31)23(29)34)25(36)39-24(35)14-3-5-16(6-4-14)30(37)38/h3-6,12-13,15,19-20,31H,7-11H2,1-2H3,(H2,26,32)(H,27,33)/t12-,13+,15-,19+,20+/m0/s1. The maximum Gasteiger partial charge on any atom is 0.362 e. The first-order chi connectivity index (χ1) is 18.4. The van der Waals surface area contributed by atoms with Crippen molar-refractivity contribution < 1.29 is 38.7 Å². The number of likely N-dealkylation sites (tertiary alicyclic amines) is 1. The van der Waals surface area contributed by atoms with E-state index in [-0.39, 0.29) is 41.9 Å². The minimum atomic E-state index is -1.05. The molecule has 14 nitrogen and oxygen atoms in total. The van der Waals surface area contributed by atoms with E-state index in [0.29, 0.717) is 25.1 Å². The van der Waals surface area contributed by atoms with E-state index in [4.69, 9.17) is 10.5 Å². The van der Waals surface area contributed by atoms with Gasteiger partial charge in [0.25, 0.3) is 5.69 Å². The van der Waals surface area contributed by atoms with Crippen molar-refractivity contribution in [2.45, 2.75) is 32.4 Å². The zero-order valence-corrected chi connectivity index (χ0v) is 21.4. The fraction of sp³-hybridized carbons (Fsp3) is 0.480. The Labute approximate surface area is 222 Å². The van der Waals surface area contributed by atoms with Gasteiger partial charge in [-0.1, -0.05) is 6.92 Å². The lowest BCUT2D eigenvalue weighted by atomic mass is 9.77. The number of esters is 2. The monoisotopic (exact) mass is 543 g/mol. The third kappa shape index (κ3) is 5.38. The predicted octanol–water partition coefficient (Wildman–Crippen LogP) is -0.687. The van der Waals surface area contributed by atoms with Crippen LogP contribution in [0.15, 0.2) is 35.5 Å². The number of nitrogens with zero attached hydrogens (tertiary/aromatic N) is 3. The number of nitro groups is 1. The lowest BCUT2D eigenvalue weighted by Crippen LogP contribution is -2.63. The number of carbonyl (C=O) groups excluding carboxylic acids is 5. The Bertz CT molecular complexity index is 1260. The fourth-order valence-electron chi connectivity index (χ4n) is 5.50. The molecule has 5 atom stereocenters. The number of non-ortho nitro benzene ring substituents is 1. The number of carbonyl (C=O) groups is 5. The lowest BCUT2D eigenvalue weighted by molar-refractivity contribution is -0.384. The number of primary amides is 1. The number of hydrogen-bond donors (Lipinski definition) is 3. The molecular formula is C25H29N5O9. The molecule has 1 aromatic carbocycles. The van der Waals surface area contributed by atoms with Crippen LogP contribution < -0.4 is 11.1 Å². The molecule has 0 saturated carbocycles. The van der Waals surface area contributed by atoms with Crippen LogP contribution in [0.1, 0.15) is 30.6 Å². The van der Waals surface area contributed by atoms with E-state index in [1.54, 1.807) is 0 Å². The van der Waals surface area contributed by atoms with Crippen LogP contribution in [0.4, 0.5) is 5.69 Å². The van der Waals surface area contributed by atoms with Gasteiger partial charge in [-0.2, -0.15) is 0 Å². The van der Waals surface area contributed by atoms with Gasteiger partial charge in [-0.3, -0.25) is 29.4 Å². The first-order valence-electron chi connectivity index (χ1n) is 12.4. The number of amides is 3. The highest BCUT2D eigenvalue weighted by molar-refractivity contribution is 6.06. The zero-order chi connectivity index (χ0) is 28.6. The molecule has 1 aromatic rings. The van der Waals surface area contributed by atoms with Gasteiger partial charge in [-0.15, -0.1) is 0 Å². The quantitative estimate of drug-likeness (QED) is 0.118. The Hall–Kier alpha value is -4.17. The normalized spacial score (nSPS) is 25.1. The van der Waals surface area contributed by atoms with Gasteiger partial charge in [-0.25, -0.2) is 9.59 Å². The summed E-state index contributed by atoms with van der Waals surface area (Å²) in [6.07, 6.45) is -0.447. The number of aliphatic hydroxyl groups is 1. The molecule has 2 saturated heterocycles. The maximum absolute atomic E-state index is 13.3. The number of nitro benzene ring substituents is 1. The van der Waals surface area contributed by atoms with E-state index in [1.807, 2.05) is 11.8 Å². The van der Waals surface area contributed by atoms with Crippen LogP contribution in [0.3, 0.4) is 0 Å². The summed E-state index contributed by atoms with van der Waals surface area (Å²) in [6, 6.07) is 4.04. The summed E-state index contributed by atoms with van der Waals surface area (Å²) < 4.78 is 5.09. The average Bonchev–Trinajstić information content (AvgIpc) is 3.44. The molecule has 0 aliphatic carbocycles. The van der Waals surface area contributed by atoms with Crippen LogP contribution in [-0.2, 0) is 23.9 Å². The summed E-state index contributed by atoms with van der Waals surface area (Å²) >= 11 is 0. The van der Waals surface area contributed by atoms with Crippen molar-refractivity contribution in [3.8, 4) is 0 Å². The van der Waals surface area contributed by atoms with Crippen LogP contribution in [-0.4, -0.2) is 87.8 Å². The second-order valence-electron chi connectivity index (χ2n) is 10.0. The van der Waals surface area contributed by atoms with Gasteiger partial charge in [0.2, 0.25) is 17.7 Å². The van der Waals surface area contributed by atoms with E-state index in [9.17, 15) is 39.2 Å². The highest BCUT2D eigenvalue weighted by Gasteiger charge is 2.60. The SMILES string of the molecule is C[C@@H](O)[C@H]1C(=O)N2C(C(=O)OC(=O)c3ccc([N+](=O)[O-])cc3)=C(CN3CC[C@H](C(=O)NCC(N)=O)C3)[C@H](C)[C@H]12. The molecule has 39 heavy (non-hydrogen) atoms. The fourth-order valence-corrected chi connectivity index (χ4v) is 5.50. The number of rotatable bonds is 9. The highest BCUT2D eigenvalue weighted by Crippen LogP contribution is 2.47. The Morgan fingerprint density at radius 1 is 1.23 bits per heavy atom. The van der Waals surface area contributed by atoms with Gasteiger partial charge in [0.05, 0.1) is 41.0 Å². The van der Waals surface area contributed by atoms with Gasteiger partial charge >= 0.3 is 11.9 Å². The molecule has 208 valence electrons. The summed E-state index contributed by atoms with van der Waals surface area (Å²) in [6.45, 7) is 4.10.